The van der Waals surface area contributed by atoms with Gasteiger partial charge in [0.2, 0.25) is 0 Å². The first-order valence-corrected chi connectivity index (χ1v) is 8.44. The van der Waals surface area contributed by atoms with Gasteiger partial charge in [-0.3, -0.25) is 4.79 Å². The first-order valence-electron chi connectivity index (χ1n) is 8.44. The van der Waals surface area contributed by atoms with Crippen molar-refractivity contribution >= 4 is 5.91 Å². The molecule has 2 fully saturated rings. The predicted molar refractivity (Wildman–Crippen MR) is 85.0 cm³/mol. The molecule has 2 saturated heterocycles. The smallest absolute Gasteiger partial charge is 0.257 e. The summed E-state index contributed by atoms with van der Waals surface area (Å²) in [5, 5.41) is 19.0. The lowest BCUT2D eigenvalue weighted by Gasteiger charge is -2.51. The maximum atomic E-state index is 12.5. The fourth-order valence-corrected chi connectivity index (χ4v) is 4.14. The third kappa shape index (κ3) is 3.29. The zero-order valence-corrected chi connectivity index (χ0v) is 13.5. The molecular weight excluding hydrogens is 296 g/mol. The average Bonchev–Trinajstić information content (AvgIpc) is 3.11. The maximum absolute atomic E-state index is 12.5. The molecule has 2 aliphatic heterocycles. The molecular formula is C17H26N2O4. The lowest BCUT2D eigenvalue weighted by atomic mass is 9.64. The van der Waals surface area contributed by atoms with Crippen molar-refractivity contribution in [1.29, 1.82) is 0 Å². The second-order valence-corrected chi connectivity index (χ2v) is 6.82. The van der Waals surface area contributed by atoms with Crippen LogP contribution in [0.2, 0.25) is 0 Å². The minimum absolute atomic E-state index is 0.00948. The second-order valence-electron chi connectivity index (χ2n) is 6.82. The summed E-state index contributed by atoms with van der Waals surface area (Å²) in [6.45, 7) is 4.32. The molecule has 128 valence electrons. The normalized spacial score (nSPS) is 25.0. The number of amides is 1. The molecule has 3 rings (SSSR count). The van der Waals surface area contributed by atoms with Crippen molar-refractivity contribution in [2.24, 2.45) is 11.3 Å². The third-order valence-corrected chi connectivity index (χ3v) is 5.73. The van der Waals surface area contributed by atoms with Crippen LogP contribution in [-0.4, -0.2) is 71.9 Å². The number of hydrogen-bond donors (Lipinski definition) is 2. The van der Waals surface area contributed by atoms with Crippen LogP contribution in [0.4, 0.5) is 0 Å². The maximum Gasteiger partial charge on any atom is 0.257 e. The van der Waals surface area contributed by atoms with E-state index in [4.69, 9.17) is 9.52 Å². The molecule has 1 atom stereocenters. The molecule has 0 saturated carbocycles. The van der Waals surface area contributed by atoms with Gasteiger partial charge in [0, 0.05) is 32.2 Å². The first kappa shape index (κ1) is 16.5. The summed E-state index contributed by atoms with van der Waals surface area (Å²) in [6, 6.07) is 1.69. The van der Waals surface area contributed by atoms with Crippen LogP contribution in [0, 0.1) is 11.3 Å². The van der Waals surface area contributed by atoms with Crippen LogP contribution in [-0.2, 0) is 0 Å². The number of rotatable bonds is 4. The quantitative estimate of drug-likeness (QED) is 0.858. The fourth-order valence-electron chi connectivity index (χ4n) is 4.14. The lowest BCUT2D eigenvalue weighted by Crippen LogP contribution is -2.54. The highest BCUT2D eigenvalue weighted by Gasteiger charge is 2.45. The van der Waals surface area contributed by atoms with Crippen molar-refractivity contribution in [3.63, 3.8) is 0 Å². The number of β-amino-alcohol motifs (C(OH)–C–C–N with tert-alkyl or cyclic N) is 1. The van der Waals surface area contributed by atoms with Crippen LogP contribution in [0.3, 0.4) is 0 Å². The Morgan fingerprint density at radius 3 is 2.61 bits per heavy atom. The van der Waals surface area contributed by atoms with Crippen molar-refractivity contribution in [1.82, 2.24) is 9.80 Å². The molecule has 0 aliphatic carbocycles. The molecule has 1 aromatic rings. The van der Waals surface area contributed by atoms with Crippen molar-refractivity contribution in [2.45, 2.75) is 19.3 Å². The Hall–Kier alpha value is -1.37. The Morgan fingerprint density at radius 2 is 2.00 bits per heavy atom. The Morgan fingerprint density at radius 1 is 1.26 bits per heavy atom. The predicted octanol–water partition coefficient (Wildman–Crippen LogP) is 0.808. The van der Waals surface area contributed by atoms with E-state index in [1.165, 1.54) is 12.5 Å². The van der Waals surface area contributed by atoms with E-state index in [-0.39, 0.29) is 30.5 Å². The van der Waals surface area contributed by atoms with Crippen LogP contribution in [0.1, 0.15) is 29.6 Å². The van der Waals surface area contributed by atoms with E-state index in [9.17, 15) is 9.90 Å². The molecule has 0 bridgehead atoms. The minimum Gasteiger partial charge on any atom is -0.472 e. The fraction of sp³-hybridized carbons (Fsp3) is 0.706. The zero-order chi connectivity index (χ0) is 16.3. The van der Waals surface area contributed by atoms with Gasteiger partial charge in [0.05, 0.1) is 18.4 Å². The highest BCUT2D eigenvalue weighted by atomic mass is 16.3. The Labute approximate surface area is 136 Å². The zero-order valence-electron chi connectivity index (χ0n) is 13.5. The number of likely N-dealkylation sites (tertiary alicyclic amines) is 2. The van der Waals surface area contributed by atoms with Crippen LogP contribution in [0.15, 0.2) is 23.0 Å². The Bertz CT molecular complexity index is 509. The second kappa shape index (κ2) is 7.03. The van der Waals surface area contributed by atoms with Gasteiger partial charge in [0.15, 0.2) is 0 Å². The summed E-state index contributed by atoms with van der Waals surface area (Å²) in [5.41, 5.74) is 0.712. The van der Waals surface area contributed by atoms with Gasteiger partial charge in [0.1, 0.15) is 6.26 Å². The molecule has 0 aromatic carbocycles. The number of piperidine rings is 2. The van der Waals surface area contributed by atoms with Crippen molar-refractivity contribution in [3.05, 3.63) is 24.2 Å². The average molecular weight is 322 g/mol. The first-order chi connectivity index (χ1) is 11.2. The topological polar surface area (TPSA) is 77.2 Å². The van der Waals surface area contributed by atoms with Gasteiger partial charge in [-0.1, -0.05) is 0 Å². The summed E-state index contributed by atoms with van der Waals surface area (Å²) < 4.78 is 5.00. The van der Waals surface area contributed by atoms with Gasteiger partial charge >= 0.3 is 0 Å². The number of aliphatic hydroxyl groups excluding tert-OH is 2. The molecule has 6 nitrogen and oxygen atoms in total. The number of nitrogens with zero attached hydrogens (tertiary/aromatic N) is 2. The van der Waals surface area contributed by atoms with Crippen LogP contribution < -0.4 is 0 Å². The summed E-state index contributed by atoms with van der Waals surface area (Å²) in [5.74, 6) is 0.119. The van der Waals surface area contributed by atoms with E-state index in [0.29, 0.717) is 12.1 Å². The number of aliphatic hydroxyl groups is 2. The van der Waals surface area contributed by atoms with E-state index < -0.39 is 0 Å². The molecule has 3 heterocycles. The van der Waals surface area contributed by atoms with Gasteiger partial charge in [-0.05, 0) is 43.8 Å². The molecule has 23 heavy (non-hydrogen) atoms. The molecule has 1 amide bonds. The molecule has 2 aliphatic rings. The van der Waals surface area contributed by atoms with E-state index in [1.54, 1.807) is 6.07 Å². The number of hydrogen-bond acceptors (Lipinski definition) is 5. The number of carbonyl (C=O) groups is 1. The molecule has 1 aromatic heterocycles. The van der Waals surface area contributed by atoms with Crippen molar-refractivity contribution in [3.8, 4) is 0 Å². The molecule has 2 N–H and O–H groups in total. The van der Waals surface area contributed by atoms with Crippen molar-refractivity contribution < 1.29 is 19.4 Å². The lowest BCUT2D eigenvalue weighted by molar-refractivity contribution is -0.0369. The Kier molecular flexibility index (Phi) is 5.04. The summed E-state index contributed by atoms with van der Waals surface area (Å²) in [4.78, 5) is 16.6. The van der Waals surface area contributed by atoms with E-state index in [2.05, 4.69) is 4.90 Å². The number of furan rings is 1. The highest BCUT2D eigenvalue weighted by Crippen LogP contribution is 2.45. The number of carbonyl (C=O) groups excluding carboxylic acids is 1. The molecule has 1 spiro atoms. The molecule has 1 unspecified atom stereocenters. The summed E-state index contributed by atoms with van der Waals surface area (Å²) in [6.07, 6.45) is 6.00. The van der Waals surface area contributed by atoms with E-state index >= 15 is 0 Å². The van der Waals surface area contributed by atoms with Crippen molar-refractivity contribution in [2.75, 3.05) is 45.9 Å². The van der Waals surface area contributed by atoms with Gasteiger partial charge < -0.3 is 24.4 Å². The minimum atomic E-state index is -0.00948. The van der Waals surface area contributed by atoms with Gasteiger partial charge in [-0.15, -0.1) is 0 Å². The van der Waals surface area contributed by atoms with Gasteiger partial charge in [-0.25, -0.2) is 0 Å². The summed E-state index contributed by atoms with van der Waals surface area (Å²) in [7, 11) is 0. The highest BCUT2D eigenvalue weighted by molar-refractivity contribution is 5.93. The van der Waals surface area contributed by atoms with Crippen LogP contribution in [0.25, 0.3) is 0 Å². The van der Waals surface area contributed by atoms with Crippen LogP contribution in [0.5, 0.6) is 0 Å². The SMILES string of the molecule is O=C(c1ccoc1)N1CCC2(CCN(CCO)CC2)C(CO)C1. The Balaban J connectivity index is 1.64. The largest absolute Gasteiger partial charge is 0.472 e. The molecule has 0 radical (unpaired) electrons. The molecule has 6 heteroatoms. The monoisotopic (exact) mass is 322 g/mol. The van der Waals surface area contributed by atoms with E-state index in [1.807, 2.05) is 4.90 Å². The summed E-state index contributed by atoms with van der Waals surface area (Å²) >= 11 is 0. The van der Waals surface area contributed by atoms with E-state index in [0.717, 1.165) is 45.4 Å². The van der Waals surface area contributed by atoms with Crippen LogP contribution >= 0.6 is 0 Å². The third-order valence-electron chi connectivity index (χ3n) is 5.73. The standard InChI is InChI=1S/C17H26N2O4/c20-9-8-18-5-2-17(3-6-18)4-7-19(11-15(17)12-21)16(22)14-1-10-23-13-14/h1,10,13,15,20-21H,2-9,11-12H2. The van der Waals surface area contributed by atoms with Gasteiger partial charge in [-0.2, -0.15) is 0 Å². The van der Waals surface area contributed by atoms with Gasteiger partial charge in [0.25, 0.3) is 5.91 Å².